The summed E-state index contributed by atoms with van der Waals surface area (Å²) in [4.78, 5) is 38.2. The molecule has 0 fully saturated rings. The van der Waals surface area contributed by atoms with Crippen LogP contribution in [0.25, 0.3) is 0 Å². The fourth-order valence-electron chi connectivity index (χ4n) is 8.56. The number of esters is 3. The molecule has 6 nitrogen and oxygen atoms in total. The van der Waals surface area contributed by atoms with E-state index >= 15 is 0 Å². The first-order chi connectivity index (χ1) is 33.5. The van der Waals surface area contributed by atoms with Crippen molar-refractivity contribution in [3.05, 3.63) is 48.6 Å². The maximum absolute atomic E-state index is 12.9. The second-order valence-electron chi connectivity index (χ2n) is 19.9. The molecule has 396 valence electrons. The van der Waals surface area contributed by atoms with Crippen LogP contribution in [-0.2, 0) is 28.6 Å². The van der Waals surface area contributed by atoms with Gasteiger partial charge >= 0.3 is 17.9 Å². The number of ether oxygens (including phenoxy) is 3. The topological polar surface area (TPSA) is 78.9 Å². The third-order valence-electron chi connectivity index (χ3n) is 13.1. The summed E-state index contributed by atoms with van der Waals surface area (Å²) in [7, 11) is 0. The van der Waals surface area contributed by atoms with Gasteiger partial charge in [0.15, 0.2) is 6.10 Å². The van der Waals surface area contributed by atoms with Crippen LogP contribution in [-0.4, -0.2) is 37.2 Å². The van der Waals surface area contributed by atoms with Gasteiger partial charge in [0.05, 0.1) is 0 Å². The van der Waals surface area contributed by atoms with Crippen LogP contribution in [0.15, 0.2) is 48.6 Å². The minimum Gasteiger partial charge on any atom is -0.462 e. The van der Waals surface area contributed by atoms with Gasteiger partial charge in [-0.1, -0.05) is 256 Å². The number of hydrogen-bond acceptors (Lipinski definition) is 6. The molecule has 6 heteroatoms. The van der Waals surface area contributed by atoms with E-state index < -0.39 is 6.10 Å². The lowest BCUT2D eigenvalue weighted by atomic mass is 10.0. The summed E-state index contributed by atoms with van der Waals surface area (Å²) >= 11 is 0. The summed E-state index contributed by atoms with van der Waals surface area (Å²) in [5.74, 6) is -0.875. The van der Waals surface area contributed by atoms with E-state index in [0.717, 1.165) is 83.5 Å². The van der Waals surface area contributed by atoms with Gasteiger partial charge in [-0.3, -0.25) is 14.4 Å². The maximum atomic E-state index is 12.9. The van der Waals surface area contributed by atoms with Crippen molar-refractivity contribution in [2.75, 3.05) is 13.2 Å². The molecule has 0 aliphatic carbocycles. The molecule has 0 aromatic heterocycles. The first-order valence-electron chi connectivity index (χ1n) is 29.6. The quantitative estimate of drug-likeness (QED) is 0.0262. The van der Waals surface area contributed by atoms with Crippen LogP contribution in [0.3, 0.4) is 0 Å². The lowest BCUT2D eigenvalue weighted by Gasteiger charge is -2.18. The first-order valence-corrected chi connectivity index (χ1v) is 29.6. The highest BCUT2D eigenvalue weighted by atomic mass is 16.6. The van der Waals surface area contributed by atoms with Crippen molar-refractivity contribution in [1.29, 1.82) is 0 Å². The molecule has 0 N–H and O–H groups in total. The Labute approximate surface area is 422 Å². The lowest BCUT2D eigenvalue weighted by Crippen LogP contribution is -2.30. The Kier molecular flexibility index (Phi) is 54.8. The molecule has 0 aromatic carbocycles. The van der Waals surface area contributed by atoms with Gasteiger partial charge in [-0.15, -0.1) is 0 Å². The molecule has 0 bridgehead atoms. The number of carbonyl (C=O) groups excluding carboxylic acids is 3. The Morgan fingerprint density at radius 2 is 0.529 bits per heavy atom. The zero-order valence-electron chi connectivity index (χ0n) is 45.4. The molecule has 0 saturated heterocycles. The molecule has 0 unspecified atom stereocenters. The largest absolute Gasteiger partial charge is 0.462 e. The van der Waals surface area contributed by atoms with Gasteiger partial charge in [-0.05, 0) is 83.5 Å². The van der Waals surface area contributed by atoms with Crippen LogP contribution in [0.2, 0.25) is 0 Å². The van der Waals surface area contributed by atoms with Gasteiger partial charge in [-0.25, -0.2) is 0 Å². The van der Waals surface area contributed by atoms with Gasteiger partial charge in [0.2, 0.25) is 0 Å². The van der Waals surface area contributed by atoms with E-state index in [1.165, 1.54) is 186 Å². The molecule has 0 aromatic rings. The van der Waals surface area contributed by atoms with E-state index in [0.29, 0.717) is 19.3 Å². The summed E-state index contributed by atoms with van der Waals surface area (Å²) in [5, 5.41) is 0. The van der Waals surface area contributed by atoms with Gasteiger partial charge < -0.3 is 14.2 Å². The molecule has 0 heterocycles. The zero-order valence-corrected chi connectivity index (χ0v) is 45.4. The molecule has 0 spiro atoms. The summed E-state index contributed by atoms with van der Waals surface area (Å²) < 4.78 is 16.9. The van der Waals surface area contributed by atoms with Gasteiger partial charge in [0.25, 0.3) is 0 Å². The lowest BCUT2D eigenvalue weighted by molar-refractivity contribution is -0.167. The van der Waals surface area contributed by atoms with Crippen molar-refractivity contribution in [1.82, 2.24) is 0 Å². The Hall–Kier alpha value is -2.63. The van der Waals surface area contributed by atoms with Crippen LogP contribution >= 0.6 is 0 Å². The van der Waals surface area contributed by atoms with Crippen LogP contribution < -0.4 is 0 Å². The smallest absolute Gasteiger partial charge is 0.306 e. The van der Waals surface area contributed by atoms with E-state index in [1.807, 2.05) is 0 Å². The molecule has 0 aliphatic rings. The minimum atomic E-state index is -0.779. The number of unbranched alkanes of at least 4 members (excludes halogenated alkanes) is 35. The number of hydrogen-bond donors (Lipinski definition) is 0. The molecule has 0 saturated carbocycles. The van der Waals surface area contributed by atoms with Crippen molar-refractivity contribution in [3.8, 4) is 0 Å². The highest BCUT2D eigenvalue weighted by molar-refractivity contribution is 5.71. The van der Waals surface area contributed by atoms with Crippen molar-refractivity contribution >= 4 is 17.9 Å². The average molecular weight is 954 g/mol. The van der Waals surface area contributed by atoms with Crippen LogP contribution in [0.4, 0.5) is 0 Å². The van der Waals surface area contributed by atoms with Crippen molar-refractivity contribution < 1.29 is 28.6 Å². The SMILES string of the molecule is CCCCC/C=C/C/C=C/CCCCCCCCCC(=O)OC[C@@H](COC(=O)CCCCCCCCCCCCCCCCCC)OC(=O)CCCCCCCCC/C=C/C/C=C/CCCCC. The molecule has 0 amide bonds. The summed E-state index contributed by atoms with van der Waals surface area (Å²) in [6.07, 6.45) is 69.5. The Morgan fingerprint density at radius 3 is 0.838 bits per heavy atom. The van der Waals surface area contributed by atoms with E-state index in [9.17, 15) is 14.4 Å². The standard InChI is InChI=1S/C62H112O6/c1-4-7-10-13-16-19-22-25-28-31-34-37-40-43-46-49-52-55-61(64)67-58-59(57-66-60(63)54-51-48-45-42-39-36-33-30-27-24-21-18-15-12-9-6-3)68-62(65)56-53-50-47-44-41-38-35-32-29-26-23-20-17-14-11-8-5-2/h16-17,19-20,25-26,28-29,59H,4-15,18,21-24,27,30-58H2,1-3H3/b19-16+,20-17+,28-25+,29-26+/t59-/m1/s1. The Bertz CT molecular complexity index is 1190. The van der Waals surface area contributed by atoms with E-state index in [1.54, 1.807) is 0 Å². The molecule has 0 aliphatic heterocycles. The summed E-state index contributed by atoms with van der Waals surface area (Å²) in [5.41, 5.74) is 0. The average Bonchev–Trinajstić information content (AvgIpc) is 3.34. The van der Waals surface area contributed by atoms with Crippen molar-refractivity contribution in [3.63, 3.8) is 0 Å². The predicted octanol–water partition coefficient (Wildman–Crippen LogP) is 19.8. The fraction of sp³-hybridized carbons (Fsp3) is 0.823. The van der Waals surface area contributed by atoms with Crippen LogP contribution in [0.1, 0.15) is 310 Å². The fourth-order valence-corrected chi connectivity index (χ4v) is 8.56. The Morgan fingerprint density at radius 1 is 0.294 bits per heavy atom. The van der Waals surface area contributed by atoms with Crippen molar-refractivity contribution in [2.45, 2.75) is 316 Å². The van der Waals surface area contributed by atoms with Crippen LogP contribution in [0, 0.1) is 0 Å². The third kappa shape index (κ3) is 54.3. The maximum Gasteiger partial charge on any atom is 0.306 e. The van der Waals surface area contributed by atoms with Gasteiger partial charge in [-0.2, -0.15) is 0 Å². The van der Waals surface area contributed by atoms with E-state index in [-0.39, 0.29) is 31.1 Å². The number of rotatable bonds is 54. The van der Waals surface area contributed by atoms with E-state index in [2.05, 4.69) is 69.4 Å². The van der Waals surface area contributed by atoms with Crippen molar-refractivity contribution in [2.24, 2.45) is 0 Å². The summed E-state index contributed by atoms with van der Waals surface area (Å²) in [6, 6.07) is 0. The number of allylic oxidation sites excluding steroid dienone is 8. The first kappa shape index (κ1) is 65.4. The van der Waals surface area contributed by atoms with Gasteiger partial charge in [0.1, 0.15) is 13.2 Å². The number of carbonyl (C=O) groups is 3. The predicted molar refractivity (Wildman–Crippen MR) is 293 cm³/mol. The monoisotopic (exact) mass is 953 g/mol. The molecule has 0 radical (unpaired) electrons. The Balaban J connectivity index is 4.38. The van der Waals surface area contributed by atoms with Gasteiger partial charge in [0, 0.05) is 19.3 Å². The summed E-state index contributed by atoms with van der Waals surface area (Å²) in [6.45, 7) is 6.62. The normalized spacial score (nSPS) is 12.3. The highest BCUT2D eigenvalue weighted by Gasteiger charge is 2.19. The molecule has 68 heavy (non-hydrogen) atoms. The molecule has 1 atom stereocenters. The second-order valence-corrected chi connectivity index (χ2v) is 19.9. The zero-order chi connectivity index (χ0) is 49.3. The molecule has 0 rings (SSSR count). The molecular formula is C62H112O6. The highest BCUT2D eigenvalue weighted by Crippen LogP contribution is 2.16. The third-order valence-corrected chi connectivity index (χ3v) is 13.1. The molecular weight excluding hydrogens is 841 g/mol. The van der Waals surface area contributed by atoms with Crippen LogP contribution in [0.5, 0.6) is 0 Å². The van der Waals surface area contributed by atoms with E-state index in [4.69, 9.17) is 14.2 Å². The second kappa shape index (κ2) is 57.0. The minimum absolute atomic E-state index is 0.0758.